The Balaban J connectivity index is 1.86. The first kappa shape index (κ1) is 16.4. The van der Waals surface area contributed by atoms with Crippen molar-refractivity contribution in [3.05, 3.63) is 35.4 Å². The number of nitrogens with two attached hydrogens (primary N) is 1. The van der Waals surface area contributed by atoms with Crippen LogP contribution in [0.4, 0.5) is 8.78 Å². The van der Waals surface area contributed by atoms with E-state index in [1.807, 2.05) is 0 Å². The number of benzene rings is 1. The molecule has 118 valence electrons. The van der Waals surface area contributed by atoms with E-state index in [1.165, 1.54) is 50.3 Å². The molecule has 1 atom stereocenters. The van der Waals surface area contributed by atoms with Gasteiger partial charge in [0.05, 0.1) is 0 Å². The highest BCUT2D eigenvalue weighted by molar-refractivity contribution is 5.20. The molecular weight excluding hydrogens is 268 g/mol. The third-order valence-electron chi connectivity index (χ3n) is 4.96. The highest BCUT2D eigenvalue weighted by atomic mass is 19.1. The molecule has 1 aliphatic rings. The summed E-state index contributed by atoms with van der Waals surface area (Å²) in [6, 6.07) is 3.89. The van der Waals surface area contributed by atoms with Gasteiger partial charge in [-0.2, -0.15) is 0 Å². The lowest BCUT2D eigenvalue weighted by molar-refractivity contribution is 0.229. The maximum absolute atomic E-state index is 13.7. The summed E-state index contributed by atoms with van der Waals surface area (Å²) in [7, 11) is 0. The molecule has 2 N–H and O–H groups in total. The van der Waals surface area contributed by atoms with Crippen LogP contribution in [-0.4, -0.2) is 6.04 Å². The Kier molecular flexibility index (Phi) is 6.16. The van der Waals surface area contributed by atoms with E-state index in [9.17, 15) is 8.78 Å². The van der Waals surface area contributed by atoms with Gasteiger partial charge in [-0.25, -0.2) is 8.78 Å². The second kappa shape index (κ2) is 7.88. The molecule has 2 rings (SSSR count). The van der Waals surface area contributed by atoms with E-state index >= 15 is 0 Å². The highest BCUT2D eigenvalue weighted by Gasteiger charge is 2.26. The minimum Gasteiger partial charge on any atom is -0.327 e. The molecule has 0 aromatic heterocycles. The summed E-state index contributed by atoms with van der Waals surface area (Å²) in [5.74, 6) is 0.296. The Hall–Kier alpha value is -0.960. The molecule has 0 aliphatic heterocycles. The average Bonchev–Trinajstić information content (AvgIpc) is 2.49. The molecule has 0 heterocycles. The topological polar surface area (TPSA) is 26.0 Å². The number of unbranched alkanes of at least 4 members (excludes halogenated alkanes) is 1. The van der Waals surface area contributed by atoms with E-state index in [-0.39, 0.29) is 11.6 Å². The van der Waals surface area contributed by atoms with Crippen LogP contribution in [0.15, 0.2) is 18.2 Å². The lowest BCUT2D eigenvalue weighted by atomic mass is 9.76. The van der Waals surface area contributed by atoms with E-state index in [0.29, 0.717) is 12.3 Å². The zero-order valence-electron chi connectivity index (χ0n) is 13.0. The second-order valence-electron chi connectivity index (χ2n) is 6.49. The molecule has 0 spiro atoms. The van der Waals surface area contributed by atoms with Crippen LogP contribution >= 0.6 is 0 Å². The van der Waals surface area contributed by atoms with Crippen molar-refractivity contribution in [3.8, 4) is 0 Å². The van der Waals surface area contributed by atoms with Crippen LogP contribution in [0, 0.1) is 23.5 Å². The minimum atomic E-state index is -0.470. The Bertz CT molecular complexity index is 419. The van der Waals surface area contributed by atoms with Gasteiger partial charge < -0.3 is 5.73 Å². The molecule has 21 heavy (non-hydrogen) atoms. The fourth-order valence-corrected chi connectivity index (χ4v) is 3.53. The zero-order chi connectivity index (χ0) is 15.2. The van der Waals surface area contributed by atoms with Gasteiger partial charge in [0.1, 0.15) is 11.6 Å². The van der Waals surface area contributed by atoms with Crippen molar-refractivity contribution in [1.82, 2.24) is 0 Å². The van der Waals surface area contributed by atoms with Crippen LogP contribution in [-0.2, 0) is 6.42 Å². The second-order valence-corrected chi connectivity index (χ2v) is 6.49. The molecule has 0 bridgehead atoms. The first-order valence-electron chi connectivity index (χ1n) is 8.30. The van der Waals surface area contributed by atoms with E-state index in [4.69, 9.17) is 5.73 Å². The zero-order valence-corrected chi connectivity index (χ0v) is 13.0. The maximum atomic E-state index is 13.7. The summed E-state index contributed by atoms with van der Waals surface area (Å²) in [5, 5.41) is 0. The van der Waals surface area contributed by atoms with Crippen molar-refractivity contribution in [2.75, 3.05) is 0 Å². The summed E-state index contributed by atoms with van der Waals surface area (Å²) < 4.78 is 27.4. The van der Waals surface area contributed by atoms with Crippen molar-refractivity contribution in [2.45, 2.75) is 64.3 Å². The van der Waals surface area contributed by atoms with E-state index in [1.54, 1.807) is 0 Å². The number of rotatable bonds is 6. The number of halogens is 2. The van der Waals surface area contributed by atoms with Crippen LogP contribution in [0.2, 0.25) is 0 Å². The highest BCUT2D eigenvalue weighted by Crippen LogP contribution is 2.34. The summed E-state index contributed by atoms with van der Waals surface area (Å²) in [6.45, 7) is 2.23. The fraction of sp³-hybridized carbons (Fsp3) is 0.667. The van der Waals surface area contributed by atoms with Crippen LogP contribution in [0.25, 0.3) is 0 Å². The molecule has 1 aromatic carbocycles. The van der Waals surface area contributed by atoms with Gasteiger partial charge in [-0.05, 0) is 43.2 Å². The summed E-state index contributed by atoms with van der Waals surface area (Å²) >= 11 is 0. The monoisotopic (exact) mass is 295 g/mol. The van der Waals surface area contributed by atoms with Gasteiger partial charge >= 0.3 is 0 Å². The lowest BCUT2D eigenvalue weighted by Crippen LogP contribution is -2.35. The molecule has 1 fully saturated rings. The Labute approximate surface area is 126 Å². The molecule has 1 nitrogen and oxygen atoms in total. The van der Waals surface area contributed by atoms with E-state index in [0.717, 1.165) is 18.8 Å². The van der Waals surface area contributed by atoms with Crippen molar-refractivity contribution < 1.29 is 8.78 Å². The van der Waals surface area contributed by atoms with Crippen LogP contribution in [0.1, 0.15) is 57.4 Å². The Morgan fingerprint density at radius 2 is 1.76 bits per heavy atom. The predicted molar refractivity (Wildman–Crippen MR) is 83.0 cm³/mol. The number of hydrogen-bond donors (Lipinski definition) is 1. The van der Waals surface area contributed by atoms with E-state index in [2.05, 4.69) is 6.92 Å². The summed E-state index contributed by atoms with van der Waals surface area (Å²) in [6.07, 6.45) is 8.84. The van der Waals surface area contributed by atoms with Gasteiger partial charge in [0.15, 0.2) is 0 Å². The maximum Gasteiger partial charge on any atom is 0.129 e. The molecular formula is C18H27F2N. The molecule has 0 saturated heterocycles. The normalized spacial score (nSPS) is 24.0. The standard InChI is InChI=1S/C18H27F2N/c1-2-3-5-13-8-10-14(11-9-13)18(21)12-15-16(19)6-4-7-17(15)20/h4,6-7,13-14,18H,2-3,5,8-12,21H2,1H3. The first-order chi connectivity index (χ1) is 10.1. The largest absolute Gasteiger partial charge is 0.327 e. The van der Waals surface area contributed by atoms with Crippen molar-refractivity contribution in [1.29, 1.82) is 0 Å². The molecule has 1 unspecified atom stereocenters. The predicted octanol–water partition coefficient (Wildman–Crippen LogP) is 4.83. The first-order valence-corrected chi connectivity index (χ1v) is 8.30. The molecule has 1 aromatic rings. The van der Waals surface area contributed by atoms with Gasteiger partial charge in [-0.1, -0.05) is 45.1 Å². The van der Waals surface area contributed by atoms with E-state index < -0.39 is 11.6 Å². The van der Waals surface area contributed by atoms with Gasteiger partial charge in [0, 0.05) is 11.6 Å². The van der Waals surface area contributed by atoms with Gasteiger partial charge in [-0.3, -0.25) is 0 Å². The van der Waals surface area contributed by atoms with Gasteiger partial charge in [0.25, 0.3) is 0 Å². The third-order valence-corrected chi connectivity index (χ3v) is 4.96. The fourth-order valence-electron chi connectivity index (χ4n) is 3.53. The van der Waals surface area contributed by atoms with Gasteiger partial charge in [0.2, 0.25) is 0 Å². The quantitative estimate of drug-likeness (QED) is 0.799. The molecule has 0 amide bonds. The molecule has 3 heteroatoms. The smallest absolute Gasteiger partial charge is 0.129 e. The van der Waals surface area contributed by atoms with Crippen LogP contribution < -0.4 is 5.73 Å². The number of hydrogen-bond acceptors (Lipinski definition) is 1. The van der Waals surface area contributed by atoms with Crippen molar-refractivity contribution in [2.24, 2.45) is 17.6 Å². The Morgan fingerprint density at radius 1 is 1.14 bits per heavy atom. The minimum absolute atomic E-state index is 0.136. The molecule has 1 aliphatic carbocycles. The van der Waals surface area contributed by atoms with Crippen molar-refractivity contribution >= 4 is 0 Å². The third kappa shape index (κ3) is 4.50. The SMILES string of the molecule is CCCCC1CCC(C(N)Cc2c(F)cccc2F)CC1. The molecule has 1 saturated carbocycles. The molecule has 0 radical (unpaired) electrons. The van der Waals surface area contributed by atoms with Crippen LogP contribution in [0.5, 0.6) is 0 Å². The average molecular weight is 295 g/mol. The Morgan fingerprint density at radius 3 is 2.33 bits per heavy atom. The van der Waals surface area contributed by atoms with Crippen molar-refractivity contribution in [3.63, 3.8) is 0 Å². The lowest BCUT2D eigenvalue weighted by Gasteiger charge is -2.32. The van der Waals surface area contributed by atoms with Crippen LogP contribution in [0.3, 0.4) is 0 Å². The summed E-state index contributed by atoms with van der Waals surface area (Å²) in [5.41, 5.74) is 6.38. The van der Waals surface area contributed by atoms with Gasteiger partial charge in [-0.15, -0.1) is 0 Å². The summed E-state index contributed by atoms with van der Waals surface area (Å²) in [4.78, 5) is 0.